The zero-order chi connectivity index (χ0) is 10.6. The third kappa shape index (κ3) is 3.43. The molecular weight excluding hydrogens is 172 g/mol. The lowest BCUT2D eigenvalue weighted by Crippen LogP contribution is -2.14. The standard InChI is InChI=1S/C13H24O/c1-4-6-12(14)11-7-5-9-13(2,3)10-8-11/h11H,4-10H2,1-3H3. The molecule has 0 heterocycles. The highest BCUT2D eigenvalue weighted by atomic mass is 16.1. The largest absolute Gasteiger partial charge is 0.299 e. The molecule has 0 N–H and O–H groups in total. The second-order valence-corrected chi connectivity index (χ2v) is 5.51. The average Bonchev–Trinajstić information content (AvgIpc) is 2.27. The summed E-state index contributed by atoms with van der Waals surface area (Å²) >= 11 is 0. The van der Waals surface area contributed by atoms with Crippen molar-refractivity contribution in [1.82, 2.24) is 0 Å². The Morgan fingerprint density at radius 1 is 1.29 bits per heavy atom. The Hall–Kier alpha value is -0.330. The van der Waals surface area contributed by atoms with Gasteiger partial charge < -0.3 is 0 Å². The van der Waals surface area contributed by atoms with Gasteiger partial charge in [0.05, 0.1) is 0 Å². The molecular formula is C13H24O. The summed E-state index contributed by atoms with van der Waals surface area (Å²) in [6.45, 7) is 6.76. The summed E-state index contributed by atoms with van der Waals surface area (Å²) in [4.78, 5) is 11.8. The molecule has 0 aromatic carbocycles. The predicted molar refractivity (Wildman–Crippen MR) is 60.3 cm³/mol. The minimum absolute atomic E-state index is 0.386. The topological polar surface area (TPSA) is 17.1 Å². The van der Waals surface area contributed by atoms with Gasteiger partial charge in [0, 0.05) is 12.3 Å². The lowest BCUT2D eigenvalue weighted by molar-refractivity contribution is -0.123. The molecule has 0 aromatic rings. The van der Waals surface area contributed by atoms with Crippen molar-refractivity contribution in [1.29, 1.82) is 0 Å². The fourth-order valence-corrected chi connectivity index (χ4v) is 2.43. The highest BCUT2D eigenvalue weighted by Gasteiger charge is 2.27. The molecule has 0 spiro atoms. The SMILES string of the molecule is CCCC(=O)C1CCCC(C)(C)CC1. The number of hydrogen-bond donors (Lipinski definition) is 0. The van der Waals surface area contributed by atoms with Crippen molar-refractivity contribution in [3.8, 4) is 0 Å². The van der Waals surface area contributed by atoms with Crippen molar-refractivity contribution in [3.63, 3.8) is 0 Å². The van der Waals surface area contributed by atoms with E-state index in [-0.39, 0.29) is 0 Å². The third-order valence-electron chi connectivity index (χ3n) is 3.53. The fourth-order valence-electron chi connectivity index (χ4n) is 2.43. The fraction of sp³-hybridized carbons (Fsp3) is 0.923. The van der Waals surface area contributed by atoms with Crippen molar-refractivity contribution in [2.75, 3.05) is 0 Å². The molecule has 1 unspecified atom stereocenters. The van der Waals surface area contributed by atoms with Crippen molar-refractivity contribution in [2.45, 2.75) is 65.7 Å². The molecule has 0 amide bonds. The second-order valence-electron chi connectivity index (χ2n) is 5.51. The Kier molecular flexibility index (Phi) is 4.15. The smallest absolute Gasteiger partial charge is 0.135 e. The van der Waals surface area contributed by atoms with Crippen LogP contribution in [0.5, 0.6) is 0 Å². The predicted octanol–water partition coefficient (Wildman–Crippen LogP) is 3.96. The molecule has 1 saturated carbocycles. The molecule has 82 valence electrons. The minimum Gasteiger partial charge on any atom is -0.299 e. The van der Waals surface area contributed by atoms with E-state index in [4.69, 9.17) is 0 Å². The van der Waals surface area contributed by atoms with E-state index in [1.807, 2.05) is 0 Å². The van der Waals surface area contributed by atoms with Gasteiger partial charge in [-0.15, -0.1) is 0 Å². The minimum atomic E-state index is 0.386. The van der Waals surface area contributed by atoms with Crippen molar-refractivity contribution in [2.24, 2.45) is 11.3 Å². The first-order valence-electron chi connectivity index (χ1n) is 6.08. The maximum atomic E-state index is 11.8. The van der Waals surface area contributed by atoms with Gasteiger partial charge in [0.2, 0.25) is 0 Å². The van der Waals surface area contributed by atoms with Crippen LogP contribution >= 0.6 is 0 Å². The van der Waals surface area contributed by atoms with E-state index in [1.54, 1.807) is 0 Å². The zero-order valence-corrected chi connectivity index (χ0v) is 9.94. The van der Waals surface area contributed by atoms with Gasteiger partial charge in [-0.1, -0.05) is 27.2 Å². The van der Waals surface area contributed by atoms with E-state index in [9.17, 15) is 4.79 Å². The first-order chi connectivity index (χ1) is 6.55. The first kappa shape index (κ1) is 11.7. The normalized spacial score (nSPS) is 26.9. The van der Waals surface area contributed by atoms with Gasteiger partial charge in [-0.3, -0.25) is 4.79 Å². The van der Waals surface area contributed by atoms with Crippen molar-refractivity contribution >= 4 is 5.78 Å². The molecule has 14 heavy (non-hydrogen) atoms. The molecule has 0 aromatic heterocycles. The molecule has 1 atom stereocenters. The van der Waals surface area contributed by atoms with E-state index < -0.39 is 0 Å². The van der Waals surface area contributed by atoms with Crippen LogP contribution in [0.3, 0.4) is 0 Å². The molecule has 1 aliphatic carbocycles. The lowest BCUT2D eigenvalue weighted by atomic mass is 9.84. The van der Waals surface area contributed by atoms with Crippen molar-refractivity contribution in [3.05, 3.63) is 0 Å². The Labute approximate surface area is 88.3 Å². The maximum Gasteiger partial charge on any atom is 0.135 e. The summed E-state index contributed by atoms with van der Waals surface area (Å²) in [6.07, 6.45) is 7.85. The highest BCUT2D eigenvalue weighted by molar-refractivity contribution is 5.80. The van der Waals surface area contributed by atoms with Crippen LogP contribution in [0.25, 0.3) is 0 Å². The van der Waals surface area contributed by atoms with Crippen LogP contribution in [0, 0.1) is 11.3 Å². The van der Waals surface area contributed by atoms with Gasteiger partial charge in [-0.05, 0) is 37.5 Å². The highest BCUT2D eigenvalue weighted by Crippen LogP contribution is 2.36. The number of Topliss-reactive ketones (excluding diaryl/α,β-unsaturated/α-hetero) is 1. The van der Waals surface area contributed by atoms with Crippen molar-refractivity contribution < 1.29 is 4.79 Å². The molecule has 0 bridgehead atoms. The van der Waals surface area contributed by atoms with Crippen LogP contribution in [0.4, 0.5) is 0 Å². The van der Waals surface area contributed by atoms with Gasteiger partial charge in [0.15, 0.2) is 0 Å². The molecule has 0 aliphatic heterocycles. The molecule has 1 rings (SSSR count). The number of carbonyl (C=O) groups excluding carboxylic acids is 1. The monoisotopic (exact) mass is 196 g/mol. The van der Waals surface area contributed by atoms with Gasteiger partial charge in [0.1, 0.15) is 5.78 Å². The first-order valence-corrected chi connectivity index (χ1v) is 6.08. The van der Waals surface area contributed by atoms with E-state index in [2.05, 4.69) is 20.8 Å². The second kappa shape index (κ2) is 4.95. The van der Waals surface area contributed by atoms with Gasteiger partial charge >= 0.3 is 0 Å². The van der Waals surface area contributed by atoms with Crippen LogP contribution in [0.15, 0.2) is 0 Å². The molecule has 1 fully saturated rings. The van der Waals surface area contributed by atoms with Gasteiger partial charge in [-0.2, -0.15) is 0 Å². The number of rotatable bonds is 3. The molecule has 1 aliphatic rings. The Morgan fingerprint density at radius 3 is 2.64 bits per heavy atom. The number of hydrogen-bond acceptors (Lipinski definition) is 1. The van der Waals surface area contributed by atoms with Crippen LogP contribution < -0.4 is 0 Å². The van der Waals surface area contributed by atoms with Crippen LogP contribution in [-0.4, -0.2) is 5.78 Å². The summed E-state index contributed by atoms with van der Waals surface area (Å²) in [5.41, 5.74) is 0.473. The van der Waals surface area contributed by atoms with E-state index in [0.717, 1.165) is 25.7 Å². The van der Waals surface area contributed by atoms with Crippen LogP contribution in [-0.2, 0) is 4.79 Å². The average molecular weight is 196 g/mol. The van der Waals surface area contributed by atoms with Crippen LogP contribution in [0.2, 0.25) is 0 Å². The Bertz CT molecular complexity index is 193. The summed E-state index contributed by atoms with van der Waals surface area (Å²) in [5, 5.41) is 0. The van der Waals surface area contributed by atoms with Gasteiger partial charge in [-0.25, -0.2) is 0 Å². The molecule has 1 heteroatoms. The van der Waals surface area contributed by atoms with Crippen LogP contribution in [0.1, 0.15) is 65.7 Å². The summed E-state index contributed by atoms with van der Waals surface area (Å²) in [6, 6.07) is 0. The summed E-state index contributed by atoms with van der Waals surface area (Å²) in [7, 11) is 0. The summed E-state index contributed by atoms with van der Waals surface area (Å²) in [5.74, 6) is 0.905. The Morgan fingerprint density at radius 2 is 2.00 bits per heavy atom. The van der Waals surface area contributed by atoms with E-state index in [0.29, 0.717) is 17.1 Å². The number of ketones is 1. The van der Waals surface area contributed by atoms with Gasteiger partial charge in [0.25, 0.3) is 0 Å². The maximum absolute atomic E-state index is 11.8. The molecule has 0 radical (unpaired) electrons. The Balaban J connectivity index is 2.45. The van der Waals surface area contributed by atoms with E-state index in [1.165, 1.54) is 19.3 Å². The quantitative estimate of drug-likeness (QED) is 0.624. The molecule has 1 nitrogen and oxygen atoms in total. The third-order valence-corrected chi connectivity index (χ3v) is 3.53. The number of carbonyl (C=O) groups is 1. The zero-order valence-electron chi connectivity index (χ0n) is 9.94. The lowest BCUT2D eigenvalue weighted by Gasteiger charge is -2.21. The summed E-state index contributed by atoms with van der Waals surface area (Å²) < 4.78 is 0. The molecule has 0 saturated heterocycles. The van der Waals surface area contributed by atoms with E-state index >= 15 is 0 Å².